The number of ketones is 1. The predicted octanol–water partition coefficient (Wildman–Crippen LogP) is 5.50. The third-order valence-corrected chi connectivity index (χ3v) is 5.04. The summed E-state index contributed by atoms with van der Waals surface area (Å²) >= 11 is 5.96. The lowest BCUT2D eigenvalue weighted by molar-refractivity contribution is -0.384. The van der Waals surface area contributed by atoms with Crippen molar-refractivity contribution >= 4 is 39.9 Å². The number of carbonyl (C=O) groups excluding carboxylic acids is 2. The van der Waals surface area contributed by atoms with Gasteiger partial charge in [0.25, 0.3) is 5.69 Å². The molecule has 7 nitrogen and oxygen atoms in total. The number of para-hydroxylation sites is 1. The lowest BCUT2D eigenvalue weighted by atomic mass is 10.0. The monoisotopic (exact) mass is 446 g/mol. The van der Waals surface area contributed by atoms with Gasteiger partial charge in [0, 0.05) is 33.7 Å². The number of esters is 1. The fourth-order valence-electron chi connectivity index (χ4n) is 3.20. The van der Waals surface area contributed by atoms with E-state index in [1.54, 1.807) is 48.5 Å². The van der Waals surface area contributed by atoms with E-state index >= 15 is 0 Å². The van der Waals surface area contributed by atoms with Gasteiger partial charge in [-0.25, -0.2) is 9.78 Å². The van der Waals surface area contributed by atoms with Gasteiger partial charge in [-0.2, -0.15) is 0 Å². The van der Waals surface area contributed by atoms with Crippen LogP contribution >= 0.6 is 11.6 Å². The molecule has 0 saturated carbocycles. The number of non-ortho nitro benzene ring substituents is 1. The van der Waals surface area contributed by atoms with Crippen LogP contribution in [0.1, 0.15) is 20.7 Å². The van der Waals surface area contributed by atoms with Gasteiger partial charge in [0.2, 0.25) is 5.78 Å². The van der Waals surface area contributed by atoms with Crippen molar-refractivity contribution in [3.05, 3.63) is 105 Å². The molecule has 0 saturated heterocycles. The lowest BCUT2D eigenvalue weighted by Gasteiger charge is -2.10. The number of benzene rings is 3. The highest BCUT2D eigenvalue weighted by atomic mass is 35.5. The summed E-state index contributed by atoms with van der Waals surface area (Å²) in [6.07, 6.45) is 0. The number of nitro benzene ring substituents is 1. The van der Waals surface area contributed by atoms with Gasteiger partial charge in [-0.3, -0.25) is 14.9 Å². The topological polar surface area (TPSA) is 99.4 Å². The Hall–Kier alpha value is -4.10. The van der Waals surface area contributed by atoms with Crippen LogP contribution in [0.25, 0.3) is 22.2 Å². The summed E-state index contributed by atoms with van der Waals surface area (Å²) in [5, 5.41) is 12.1. The molecule has 0 atom stereocenters. The molecule has 4 rings (SSSR count). The average Bonchev–Trinajstić information content (AvgIpc) is 2.82. The van der Waals surface area contributed by atoms with Crippen molar-refractivity contribution in [2.24, 2.45) is 0 Å². The molecule has 8 heteroatoms. The second kappa shape index (κ2) is 8.95. The van der Waals surface area contributed by atoms with Gasteiger partial charge in [-0.15, -0.1) is 0 Å². The first-order valence-corrected chi connectivity index (χ1v) is 9.90. The van der Waals surface area contributed by atoms with Gasteiger partial charge < -0.3 is 4.74 Å². The highest BCUT2D eigenvalue weighted by molar-refractivity contribution is 6.30. The van der Waals surface area contributed by atoms with Crippen LogP contribution in [0.15, 0.2) is 78.9 Å². The molecular weight excluding hydrogens is 432 g/mol. The Labute approximate surface area is 187 Å². The van der Waals surface area contributed by atoms with Gasteiger partial charge in [0.15, 0.2) is 6.61 Å². The van der Waals surface area contributed by atoms with E-state index in [1.807, 2.05) is 6.07 Å². The molecule has 158 valence electrons. The first kappa shape index (κ1) is 21.1. The molecule has 0 N–H and O–H groups in total. The van der Waals surface area contributed by atoms with E-state index in [-0.39, 0.29) is 16.8 Å². The van der Waals surface area contributed by atoms with Crippen LogP contribution < -0.4 is 0 Å². The summed E-state index contributed by atoms with van der Waals surface area (Å²) in [6, 6.07) is 21.0. The van der Waals surface area contributed by atoms with E-state index in [2.05, 4.69) is 4.98 Å². The molecule has 1 heterocycles. The fraction of sp³-hybridized carbons (Fsp3) is 0.0417. The highest BCUT2D eigenvalue weighted by Crippen LogP contribution is 2.26. The number of Topliss-reactive ketones (excluding diaryl/α,β-unsaturated/α-hetero) is 1. The van der Waals surface area contributed by atoms with E-state index in [9.17, 15) is 19.7 Å². The van der Waals surface area contributed by atoms with Crippen LogP contribution in [-0.2, 0) is 4.74 Å². The molecule has 0 aliphatic heterocycles. The number of ether oxygens (including phenoxy) is 1. The molecule has 0 bridgehead atoms. The maximum atomic E-state index is 12.9. The zero-order valence-electron chi connectivity index (χ0n) is 16.5. The predicted molar refractivity (Wildman–Crippen MR) is 120 cm³/mol. The molecule has 32 heavy (non-hydrogen) atoms. The van der Waals surface area contributed by atoms with Crippen molar-refractivity contribution in [2.45, 2.75) is 0 Å². The number of hydrogen-bond donors (Lipinski definition) is 0. The molecule has 4 aromatic rings. The first-order valence-electron chi connectivity index (χ1n) is 9.53. The van der Waals surface area contributed by atoms with Crippen LogP contribution in [-0.4, -0.2) is 28.3 Å². The Balaban J connectivity index is 1.61. The summed E-state index contributed by atoms with van der Waals surface area (Å²) in [5.41, 5.74) is 2.05. The zero-order chi connectivity index (χ0) is 22.7. The Morgan fingerprint density at radius 3 is 2.47 bits per heavy atom. The summed E-state index contributed by atoms with van der Waals surface area (Å²) in [6.45, 7) is -0.549. The summed E-state index contributed by atoms with van der Waals surface area (Å²) < 4.78 is 5.26. The van der Waals surface area contributed by atoms with Gasteiger partial charge in [-0.1, -0.05) is 54.1 Å². The number of aromatic nitrogens is 1. The minimum absolute atomic E-state index is 0.0911. The maximum absolute atomic E-state index is 12.9. The first-order chi connectivity index (χ1) is 15.4. The van der Waals surface area contributed by atoms with Crippen LogP contribution in [0.5, 0.6) is 0 Å². The molecule has 0 fully saturated rings. The number of fused-ring (bicyclic) bond motifs is 1. The van der Waals surface area contributed by atoms with Crippen LogP contribution in [0, 0.1) is 10.1 Å². The van der Waals surface area contributed by atoms with Crippen LogP contribution in [0.4, 0.5) is 5.69 Å². The average molecular weight is 447 g/mol. The van der Waals surface area contributed by atoms with Crippen molar-refractivity contribution in [1.29, 1.82) is 0 Å². The second-order valence-corrected chi connectivity index (χ2v) is 7.32. The molecule has 0 radical (unpaired) electrons. The van der Waals surface area contributed by atoms with Crippen molar-refractivity contribution in [3.63, 3.8) is 0 Å². The number of rotatable bonds is 6. The number of hydrogen-bond acceptors (Lipinski definition) is 6. The normalized spacial score (nSPS) is 10.7. The second-order valence-electron chi connectivity index (χ2n) is 6.89. The van der Waals surface area contributed by atoms with Crippen molar-refractivity contribution in [1.82, 2.24) is 4.98 Å². The number of halogens is 1. The van der Waals surface area contributed by atoms with Gasteiger partial charge >= 0.3 is 5.97 Å². The third kappa shape index (κ3) is 4.48. The number of carbonyl (C=O) groups is 2. The number of nitro groups is 1. The molecule has 0 aliphatic carbocycles. The summed E-state index contributed by atoms with van der Waals surface area (Å²) in [7, 11) is 0. The minimum Gasteiger partial charge on any atom is -0.454 e. The molecule has 3 aromatic carbocycles. The van der Waals surface area contributed by atoms with E-state index in [4.69, 9.17) is 16.3 Å². The quantitative estimate of drug-likeness (QED) is 0.168. The molecular formula is C24H15ClN2O5. The fourth-order valence-corrected chi connectivity index (χ4v) is 3.32. The Morgan fingerprint density at radius 1 is 0.969 bits per heavy atom. The molecule has 1 aromatic heterocycles. The van der Waals surface area contributed by atoms with E-state index < -0.39 is 23.3 Å². The van der Waals surface area contributed by atoms with Crippen molar-refractivity contribution in [2.75, 3.05) is 6.61 Å². The molecule has 0 unspecified atom stereocenters. The maximum Gasteiger partial charge on any atom is 0.339 e. The van der Waals surface area contributed by atoms with E-state index in [1.165, 1.54) is 18.2 Å². The standard InChI is InChI=1S/C24H15ClN2O5/c25-17-10-8-15(9-11-17)22-13-20(19-6-1-2-7-21(19)26-22)24(29)32-14-23(28)16-4-3-5-18(12-16)27(30)31/h1-13H,14H2. The van der Waals surface area contributed by atoms with Crippen LogP contribution in [0.2, 0.25) is 5.02 Å². The summed E-state index contributed by atoms with van der Waals surface area (Å²) in [4.78, 5) is 40.2. The molecule has 0 spiro atoms. The lowest BCUT2D eigenvalue weighted by Crippen LogP contribution is -2.15. The zero-order valence-corrected chi connectivity index (χ0v) is 17.3. The van der Waals surface area contributed by atoms with Crippen LogP contribution in [0.3, 0.4) is 0 Å². The smallest absolute Gasteiger partial charge is 0.339 e. The Bertz CT molecular complexity index is 1350. The van der Waals surface area contributed by atoms with Gasteiger partial charge in [0.1, 0.15) is 0 Å². The van der Waals surface area contributed by atoms with E-state index in [0.717, 1.165) is 11.6 Å². The van der Waals surface area contributed by atoms with Gasteiger partial charge in [0.05, 0.1) is 21.7 Å². The van der Waals surface area contributed by atoms with Crippen molar-refractivity contribution in [3.8, 4) is 11.3 Å². The van der Waals surface area contributed by atoms with E-state index in [0.29, 0.717) is 21.6 Å². The molecule has 0 amide bonds. The Morgan fingerprint density at radius 2 is 1.72 bits per heavy atom. The SMILES string of the molecule is O=C(COC(=O)c1cc(-c2ccc(Cl)cc2)nc2ccccc12)c1cccc([N+](=O)[O-])c1. The number of nitrogens with zero attached hydrogens (tertiary/aromatic N) is 2. The molecule has 0 aliphatic rings. The number of pyridine rings is 1. The third-order valence-electron chi connectivity index (χ3n) is 4.79. The largest absolute Gasteiger partial charge is 0.454 e. The summed E-state index contributed by atoms with van der Waals surface area (Å²) in [5.74, 6) is -1.24. The van der Waals surface area contributed by atoms with Crippen molar-refractivity contribution < 1.29 is 19.2 Å². The van der Waals surface area contributed by atoms with Gasteiger partial charge in [-0.05, 0) is 24.3 Å². The minimum atomic E-state index is -0.697. The Kier molecular flexibility index (Phi) is 5.91. The highest BCUT2D eigenvalue weighted by Gasteiger charge is 2.18.